The summed E-state index contributed by atoms with van der Waals surface area (Å²) in [5.74, 6) is 0.870. The van der Waals surface area contributed by atoms with Crippen LogP contribution in [-0.2, 0) is 4.79 Å². The van der Waals surface area contributed by atoms with Crippen molar-refractivity contribution in [2.75, 3.05) is 17.7 Å². The molecule has 25 heavy (non-hydrogen) atoms. The van der Waals surface area contributed by atoms with Crippen molar-refractivity contribution >= 4 is 41.4 Å². The van der Waals surface area contributed by atoms with Crippen molar-refractivity contribution in [3.05, 3.63) is 29.8 Å². The second-order valence-electron chi connectivity index (χ2n) is 6.81. The molecule has 0 spiro atoms. The van der Waals surface area contributed by atoms with Crippen molar-refractivity contribution in [1.82, 2.24) is 4.90 Å². The first-order valence-corrected chi connectivity index (χ1v) is 9.91. The molecular weight excluding hydrogens is 354 g/mol. The molecule has 1 aliphatic heterocycles. The number of aryl methyl sites for hydroxylation is 1. The van der Waals surface area contributed by atoms with Crippen LogP contribution >= 0.6 is 24.2 Å². The van der Waals surface area contributed by atoms with Gasteiger partial charge in [0.2, 0.25) is 6.41 Å². The van der Waals surface area contributed by atoms with Crippen LogP contribution in [0.15, 0.2) is 29.3 Å². The van der Waals surface area contributed by atoms with E-state index in [-0.39, 0.29) is 18.6 Å². The van der Waals surface area contributed by atoms with Crippen LogP contribution in [0.5, 0.6) is 0 Å². The van der Waals surface area contributed by atoms with Crippen molar-refractivity contribution in [2.24, 2.45) is 4.99 Å². The third-order valence-corrected chi connectivity index (χ3v) is 6.11. The number of anilines is 1. The molecule has 1 saturated carbocycles. The van der Waals surface area contributed by atoms with Crippen LogP contribution in [0.3, 0.4) is 0 Å². The van der Waals surface area contributed by atoms with Gasteiger partial charge in [0.25, 0.3) is 0 Å². The molecule has 0 bridgehead atoms. The minimum absolute atomic E-state index is 0. The largest absolute Gasteiger partial charge is 0.333 e. The molecule has 6 heteroatoms. The van der Waals surface area contributed by atoms with Crippen molar-refractivity contribution < 1.29 is 4.79 Å². The second-order valence-corrected chi connectivity index (χ2v) is 7.79. The standard InChI is InChI=1S/C19H27N3OS.ClH/c1-15-9-11-17(12-10-15)22(14-23)18-13-24-19(21(18)2)20-16-7-5-3-4-6-8-16;/h9-12,14,16,18H,3-8,13H2,1-2H3;1H. The van der Waals surface area contributed by atoms with E-state index in [9.17, 15) is 4.79 Å². The third kappa shape index (κ3) is 4.91. The van der Waals surface area contributed by atoms with Crippen LogP contribution < -0.4 is 4.90 Å². The summed E-state index contributed by atoms with van der Waals surface area (Å²) in [5, 5.41) is 1.09. The molecule has 2 aliphatic rings. The quantitative estimate of drug-likeness (QED) is 0.570. The minimum atomic E-state index is 0. The summed E-state index contributed by atoms with van der Waals surface area (Å²) in [6.07, 6.45) is 8.68. The molecule has 0 radical (unpaired) electrons. The maximum atomic E-state index is 11.7. The van der Waals surface area contributed by atoms with Gasteiger partial charge < -0.3 is 4.90 Å². The monoisotopic (exact) mass is 381 g/mol. The Hall–Kier alpha value is -1.20. The highest BCUT2D eigenvalue weighted by Gasteiger charge is 2.32. The zero-order chi connectivity index (χ0) is 16.9. The molecule has 2 fully saturated rings. The van der Waals surface area contributed by atoms with Gasteiger partial charge in [-0.1, -0.05) is 55.1 Å². The number of carbonyl (C=O) groups is 1. The van der Waals surface area contributed by atoms with Crippen LogP contribution in [0, 0.1) is 6.92 Å². The summed E-state index contributed by atoms with van der Waals surface area (Å²) < 4.78 is 0. The molecule has 0 aromatic heterocycles. The Balaban J connectivity index is 0.00000225. The molecular formula is C19H28ClN3OS. The lowest BCUT2D eigenvalue weighted by Gasteiger charge is -2.30. The summed E-state index contributed by atoms with van der Waals surface area (Å²) in [6, 6.07) is 8.59. The highest BCUT2D eigenvalue weighted by Crippen LogP contribution is 2.30. The zero-order valence-corrected chi connectivity index (χ0v) is 16.7. The Bertz CT molecular complexity index is 585. The molecule has 4 nitrogen and oxygen atoms in total. The summed E-state index contributed by atoms with van der Waals surface area (Å²) in [7, 11) is 2.06. The fourth-order valence-corrected chi connectivity index (χ4v) is 4.68. The molecule has 138 valence electrons. The van der Waals surface area contributed by atoms with Gasteiger partial charge in [-0.05, 0) is 31.9 Å². The number of amides is 1. The number of nitrogens with zero attached hydrogens (tertiary/aromatic N) is 3. The van der Waals surface area contributed by atoms with E-state index in [1.807, 2.05) is 17.0 Å². The first-order chi connectivity index (χ1) is 11.7. The summed E-state index contributed by atoms with van der Waals surface area (Å²) in [5.41, 5.74) is 2.15. The Morgan fingerprint density at radius 2 is 1.80 bits per heavy atom. The van der Waals surface area contributed by atoms with Gasteiger partial charge in [0, 0.05) is 18.5 Å². The van der Waals surface area contributed by atoms with Gasteiger partial charge in [0.15, 0.2) is 5.17 Å². The average molecular weight is 382 g/mol. The summed E-state index contributed by atoms with van der Waals surface area (Å²) in [6.45, 7) is 2.06. The Morgan fingerprint density at radius 3 is 2.40 bits per heavy atom. The molecule has 1 unspecified atom stereocenters. The third-order valence-electron chi connectivity index (χ3n) is 4.99. The van der Waals surface area contributed by atoms with E-state index in [4.69, 9.17) is 4.99 Å². The zero-order valence-electron chi connectivity index (χ0n) is 15.1. The molecule has 1 heterocycles. The fourth-order valence-electron chi connectivity index (χ4n) is 3.45. The van der Waals surface area contributed by atoms with Crippen molar-refractivity contribution in [1.29, 1.82) is 0 Å². The van der Waals surface area contributed by atoms with Crippen molar-refractivity contribution in [3.63, 3.8) is 0 Å². The highest BCUT2D eigenvalue weighted by atomic mass is 35.5. The average Bonchev–Trinajstić information content (AvgIpc) is 2.79. The van der Waals surface area contributed by atoms with E-state index in [1.54, 1.807) is 11.8 Å². The van der Waals surface area contributed by atoms with Gasteiger partial charge in [0.05, 0.1) is 6.04 Å². The number of thioether (sulfide) groups is 1. The predicted octanol–water partition coefficient (Wildman–Crippen LogP) is 4.46. The normalized spacial score (nSPS) is 23.2. The highest BCUT2D eigenvalue weighted by molar-refractivity contribution is 8.14. The van der Waals surface area contributed by atoms with Crippen LogP contribution in [0.4, 0.5) is 5.69 Å². The minimum Gasteiger partial charge on any atom is -0.333 e. The van der Waals surface area contributed by atoms with Gasteiger partial charge in [0.1, 0.15) is 6.17 Å². The van der Waals surface area contributed by atoms with Crippen LogP contribution in [0.25, 0.3) is 0 Å². The molecule has 0 N–H and O–H groups in total. The molecule has 3 rings (SSSR count). The number of carbonyl (C=O) groups excluding carboxylic acids is 1. The fraction of sp³-hybridized carbons (Fsp3) is 0.579. The van der Waals surface area contributed by atoms with Crippen molar-refractivity contribution in [2.45, 2.75) is 57.7 Å². The van der Waals surface area contributed by atoms with E-state index in [2.05, 4.69) is 31.0 Å². The maximum absolute atomic E-state index is 11.7. The number of aliphatic imine (C=N–C) groups is 1. The van der Waals surface area contributed by atoms with Gasteiger partial charge in [-0.2, -0.15) is 0 Å². The van der Waals surface area contributed by atoms with Crippen LogP contribution in [0.1, 0.15) is 44.1 Å². The van der Waals surface area contributed by atoms with Crippen molar-refractivity contribution in [3.8, 4) is 0 Å². The Morgan fingerprint density at radius 1 is 1.16 bits per heavy atom. The van der Waals surface area contributed by atoms with E-state index in [0.29, 0.717) is 6.04 Å². The van der Waals surface area contributed by atoms with Crippen LogP contribution in [0.2, 0.25) is 0 Å². The molecule has 1 saturated heterocycles. The van der Waals surface area contributed by atoms with E-state index >= 15 is 0 Å². The first kappa shape index (κ1) is 20.1. The number of hydrogen-bond acceptors (Lipinski definition) is 3. The number of amidine groups is 1. The lowest BCUT2D eigenvalue weighted by Crippen LogP contribution is -2.45. The number of benzene rings is 1. The molecule has 1 aromatic rings. The molecule has 1 aliphatic carbocycles. The van der Waals surface area contributed by atoms with Crippen LogP contribution in [-0.4, -0.2) is 41.5 Å². The topological polar surface area (TPSA) is 35.9 Å². The van der Waals surface area contributed by atoms with Gasteiger partial charge in [-0.15, -0.1) is 12.4 Å². The second kappa shape index (κ2) is 9.48. The molecule has 1 amide bonds. The van der Waals surface area contributed by atoms with E-state index < -0.39 is 0 Å². The lowest BCUT2D eigenvalue weighted by molar-refractivity contribution is -0.108. The van der Waals surface area contributed by atoms with Gasteiger partial charge in [-0.25, -0.2) is 0 Å². The SMILES string of the molecule is Cc1ccc(N(C=O)C2CSC(=NC3CCCCCC3)N2C)cc1.Cl. The number of rotatable bonds is 4. The number of hydrogen-bond donors (Lipinski definition) is 0. The van der Waals surface area contributed by atoms with E-state index in [1.165, 1.54) is 44.1 Å². The van der Waals surface area contributed by atoms with E-state index in [0.717, 1.165) is 23.0 Å². The maximum Gasteiger partial charge on any atom is 0.215 e. The Labute approximate surface area is 161 Å². The first-order valence-electron chi connectivity index (χ1n) is 8.93. The number of halogens is 1. The molecule has 1 atom stereocenters. The summed E-state index contributed by atoms with van der Waals surface area (Å²) in [4.78, 5) is 20.7. The smallest absolute Gasteiger partial charge is 0.215 e. The van der Waals surface area contributed by atoms with Gasteiger partial charge >= 0.3 is 0 Å². The Kier molecular flexibility index (Phi) is 7.63. The summed E-state index contributed by atoms with van der Waals surface area (Å²) >= 11 is 1.78. The lowest BCUT2D eigenvalue weighted by atomic mass is 10.1. The van der Waals surface area contributed by atoms with Gasteiger partial charge in [-0.3, -0.25) is 14.7 Å². The molecule has 1 aromatic carbocycles. The predicted molar refractivity (Wildman–Crippen MR) is 110 cm³/mol.